The molecule has 1 N–H and O–H groups in total. The van der Waals surface area contributed by atoms with E-state index in [0.29, 0.717) is 25.2 Å². The second kappa shape index (κ2) is 12.2. The fourth-order valence-corrected chi connectivity index (χ4v) is 4.29. The van der Waals surface area contributed by atoms with Crippen LogP contribution in [0.25, 0.3) is 11.1 Å². The van der Waals surface area contributed by atoms with E-state index in [-0.39, 0.29) is 12.6 Å². The Balaban J connectivity index is 1.47. The molecule has 1 unspecified atom stereocenters. The van der Waals surface area contributed by atoms with Crippen LogP contribution in [-0.4, -0.2) is 55.4 Å². The van der Waals surface area contributed by atoms with Gasteiger partial charge in [-0.05, 0) is 47.7 Å². The number of ether oxygens (including phenoxy) is 3. The third-order valence-electron chi connectivity index (χ3n) is 6.11. The van der Waals surface area contributed by atoms with Crippen molar-refractivity contribution >= 4 is 18.1 Å². The van der Waals surface area contributed by atoms with Crippen molar-refractivity contribution in [2.24, 2.45) is 0 Å². The highest BCUT2D eigenvalue weighted by molar-refractivity contribution is 5.96. The quantitative estimate of drug-likeness (QED) is 0.459. The van der Waals surface area contributed by atoms with Gasteiger partial charge in [0.25, 0.3) is 5.91 Å². The Hall–Kier alpha value is -4.17. The predicted octanol–water partition coefficient (Wildman–Crippen LogP) is 4.61. The van der Waals surface area contributed by atoms with Crippen molar-refractivity contribution in [3.05, 3.63) is 90.0 Å². The third kappa shape index (κ3) is 6.54. The zero-order valence-electron chi connectivity index (χ0n) is 20.9. The van der Waals surface area contributed by atoms with Crippen LogP contribution in [0.4, 0.5) is 9.59 Å². The highest BCUT2D eigenvalue weighted by Gasteiger charge is 2.41. The van der Waals surface area contributed by atoms with Crippen LogP contribution < -0.4 is 10.1 Å². The molecule has 8 nitrogen and oxygen atoms in total. The van der Waals surface area contributed by atoms with Crippen LogP contribution in [0.2, 0.25) is 0 Å². The van der Waals surface area contributed by atoms with E-state index in [9.17, 15) is 14.4 Å². The predicted molar refractivity (Wildman–Crippen MR) is 138 cm³/mol. The van der Waals surface area contributed by atoms with E-state index in [1.165, 1.54) is 11.9 Å². The van der Waals surface area contributed by atoms with Gasteiger partial charge < -0.3 is 19.5 Å². The molecule has 0 radical (unpaired) electrons. The monoisotopic (exact) mass is 502 g/mol. The second-order valence-corrected chi connectivity index (χ2v) is 8.64. The van der Waals surface area contributed by atoms with Gasteiger partial charge in [0.05, 0.1) is 6.04 Å². The molecule has 2 atom stereocenters. The van der Waals surface area contributed by atoms with E-state index in [1.54, 1.807) is 12.1 Å². The highest BCUT2D eigenvalue weighted by Crippen LogP contribution is 2.26. The number of rotatable bonds is 9. The molecule has 1 heterocycles. The number of hydrogen-bond acceptors (Lipinski definition) is 6. The lowest BCUT2D eigenvalue weighted by molar-refractivity contribution is -0.141. The number of imide groups is 1. The maximum Gasteiger partial charge on any atom is 0.417 e. The summed E-state index contributed by atoms with van der Waals surface area (Å²) in [5.41, 5.74) is 3.72. The summed E-state index contributed by atoms with van der Waals surface area (Å²) in [5.74, 6) is 0.0406. The fraction of sp³-hybridized carbons (Fsp3) is 0.276. The second-order valence-electron chi connectivity index (χ2n) is 8.64. The summed E-state index contributed by atoms with van der Waals surface area (Å²) in [5, 5.41) is 2.42. The van der Waals surface area contributed by atoms with Crippen molar-refractivity contribution in [3.8, 4) is 16.9 Å². The van der Waals surface area contributed by atoms with E-state index in [1.807, 2.05) is 73.7 Å². The molecule has 1 fully saturated rings. The van der Waals surface area contributed by atoms with E-state index in [0.717, 1.165) is 22.3 Å². The summed E-state index contributed by atoms with van der Waals surface area (Å²) in [7, 11) is 1.50. The van der Waals surface area contributed by atoms with Gasteiger partial charge in [-0.25, -0.2) is 14.5 Å². The van der Waals surface area contributed by atoms with Crippen molar-refractivity contribution in [2.75, 3.05) is 20.3 Å². The number of benzene rings is 3. The molecule has 3 aromatic rings. The molecule has 37 heavy (non-hydrogen) atoms. The van der Waals surface area contributed by atoms with Crippen molar-refractivity contribution in [1.29, 1.82) is 0 Å². The van der Waals surface area contributed by atoms with Crippen LogP contribution in [0.15, 0.2) is 78.9 Å². The summed E-state index contributed by atoms with van der Waals surface area (Å²) >= 11 is 0. The highest BCUT2D eigenvalue weighted by atomic mass is 16.6. The Bertz CT molecular complexity index is 1230. The molecule has 0 aliphatic carbocycles. The van der Waals surface area contributed by atoms with Gasteiger partial charge in [0.1, 0.15) is 18.5 Å². The van der Waals surface area contributed by atoms with Gasteiger partial charge in [0.15, 0.2) is 0 Å². The van der Waals surface area contributed by atoms with E-state index >= 15 is 0 Å². The average Bonchev–Trinajstić information content (AvgIpc) is 3.28. The van der Waals surface area contributed by atoms with Gasteiger partial charge in [-0.3, -0.25) is 4.79 Å². The number of hydrogen-bond donors (Lipinski definition) is 1. The molecule has 1 aliphatic heterocycles. The average molecular weight is 503 g/mol. The molecule has 1 aliphatic rings. The van der Waals surface area contributed by atoms with E-state index in [2.05, 4.69) is 5.32 Å². The van der Waals surface area contributed by atoms with Crippen LogP contribution >= 0.6 is 0 Å². The summed E-state index contributed by atoms with van der Waals surface area (Å²) in [6.45, 7) is 2.32. The van der Waals surface area contributed by atoms with E-state index < -0.39 is 24.2 Å². The topological polar surface area (TPSA) is 94.2 Å². The molecule has 0 bridgehead atoms. The summed E-state index contributed by atoms with van der Waals surface area (Å²) in [4.78, 5) is 38.6. The molecule has 3 amide bonds. The number of nitrogens with one attached hydrogen (secondary N) is 1. The van der Waals surface area contributed by atoms with Gasteiger partial charge in [-0.2, -0.15) is 0 Å². The van der Waals surface area contributed by atoms with Gasteiger partial charge in [0.2, 0.25) is 0 Å². The van der Waals surface area contributed by atoms with Gasteiger partial charge in [-0.15, -0.1) is 0 Å². The minimum Gasteiger partial charge on any atom is -0.447 e. The number of carbonyl (C=O) groups is 3. The minimum atomic E-state index is -0.816. The summed E-state index contributed by atoms with van der Waals surface area (Å²) < 4.78 is 16.2. The lowest BCUT2D eigenvalue weighted by Gasteiger charge is -2.25. The first-order chi connectivity index (χ1) is 18.0. The van der Waals surface area contributed by atoms with Crippen LogP contribution in [-0.2, 0) is 27.1 Å². The molecule has 3 aromatic carbocycles. The lowest BCUT2D eigenvalue weighted by Crippen LogP contribution is -2.47. The van der Waals surface area contributed by atoms with Crippen LogP contribution in [0, 0.1) is 0 Å². The zero-order chi connectivity index (χ0) is 26.2. The molecule has 192 valence electrons. The molecule has 0 saturated carbocycles. The molecule has 8 heteroatoms. The third-order valence-corrected chi connectivity index (χ3v) is 6.11. The molecule has 1 saturated heterocycles. The summed E-state index contributed by atoms with van der Waals surface area (Å²) in [6.07, 6.45) is -1.15. The Morgan fingerprint density at radius 2 is 1.76 bits per heavy atom. The normalized spacial score (nSPS) is 15.7. The van der Waals surface area contributed by atoms with Crippen molar-refractivity contribution in [3.63, 3.8) is 0 Å². The van der Waals surface area contributed by atoms with E-state index in [4.69, 9.17) is 14.2 Å². The minimum absolute atomic E-state index is 0.162. The first-order valence-electron chi connectivity index (χ1n) is 12.2. The SMILES string of the molecule is CCO[C@@H](Cc1ccc(-c2cccc(OC(=O)NC)c2)cc1)C(=O)N1C(=O)OCC1Cc1ccccc1. The first-order valence-corrected chi connectivity index (χ1v) is 12.2. The molecule has 0 aromatic heterocycles. The first kappa shape index (κ1) is 25.9. The summed E-state index contributed by atoms with van der Waals surface area (Å²) in [6, 6.07) is 24.3. The van der Waals surface area contributed by atoms with Gasteiger partial charge in [-0.1, -0.05) is 66.7 Å². The maximum atomic E-state index is 13.4. The molecule has 4 rings (SSSR count). The number of amides is 3. The lowest BCUT2D eigenvalue weighted by atomic mass is 10.00. The molecule has 0 spiro atoms. The maximum absolute atomic E-state index is 13.4. The Morgan fingerprint density at radius 1 is 1.00 bits per heavy atom. The number of carbonyl (C=O) groups excluding carboxylic acids is 3. The molecular formula is C29H30N2O6. The van der Waals surface area contributed by atoms with Crippen molar-refractivity contribution < 1.29 is 28.6 Å². The standard InChI is InChI=1S/C29H30N2O6/c1-3-35-26(27(32)31-24(19-36-29(31)34)16-20-8-5-4-6-9-20)17-21-12-14-22(15-13-21)23-10-7-11-25(18-23)37-28(33)30-2/h4-15,18,24,26H,3,16-17,19H2,1-2H3,(H,30,33)/t24?,26-/m0/s1. The van der Waals surface area contributed by atoms with Gasteiger partial charge in [0, 0.05) is 20.1 Å². The van der Waals surface area contributed by atoms with Crippen LogP contribution in [0.5, 0.6) is 5.75 Å². The van der Waals surface area contributed by atoms with Gasteiger partial charge >= 0.3 is 12.2 Å². The van der Waals surface area contributed by atoms with Crippen molar-refractivity contribution in [1.82, 2.24) is 10.2 Å². The number of cyclic esters (lactones) is 1. The zero-order valence-corrected chi connectivity index (χ0v) is 20.9. The molecular weight excluding hydrogens is 472 g/mol. The Kier molecular flexibility index (Phi) is 8.53. The van der Waals surface area contributed by atoms with Crippen molar-refractivity contribution in [2.45, 2.75) is 31.9 Å². The fourth-order valence-electron chi connectivity index (χ4n) is 4.29. The Labute approximate surface area is 216 Å². The smallest absolute Gasteiger partial charge is 0.417 e. The largest absolute Gasteiger partial charge is 0.447 e. The van der Waals surface area contributed by atoms with Crippen LogP contribution in [0.3, 0.4) is 0 Å². The van der Waals surface area contributed by atoms with Crippen LogP contribution in [0.1, 0.15) is 18.1 Å². The Morgan fingerprint density at radius 3 is 2.46 bits per heavy atom. The number of nitrogens with zero attached hydrogens (tertiary/aromatic N) is 1.